The lowest BCUT2D eigenvalue weighted by atomic mass is 10.1. The lowest BCUT2D eigenvalue weighted by molar-refractivity contribution is 0.242. The molecule has 0 aliphatic carbocycles. The van der Waals surface area contributed by atoms with Crippen molar-refractivity contribution in [3.05, 3.63) is 48.5 Å². The fourth-order valence-electron chi connectivity index (χ4n) is 3.96. The summed E-state index contributed by atoms with van der Waals surface area (Å²) in [6, 6.07) is 17.1. The summed E-state index contributed by atoms with van der Waals surface area (Å²) in [7, 11) is 4.30. The van der Waals surface area contributed by atoms with Crippen LogP contribution in [0.3, 0.4) is 0 Å². The maximum Gasteiger partial charge on any atom is 0.0730 e. The molecule has 0 unspecified atom stereocenters. The molecular formula is C22H28N4. The van der Waals surface area contributed by atoms with Gasteiger partial charge in [0.2, 0.25) is 0 Å². The highest BCUT2D eigenvalue weighted by Crippen LogP contribution is 2.34. The van der Waals surface area contributed by atoms with Crippen molar-refractivity contribution in [2.24, 2.45) is 0 Å². The van der Waals surface area contributed by atoms with Crippen molar-refractivity contribution in [1.82, 2.24) is 14.8 Å². The van der Waals surface area contributed by atoms with Crippen LogP contribution in [0.15, 0.2) is 48.5 Å². The van der Waals surface area contributed by atoms with E-state index in [0.29, 0.717) is 0 Å². The van der Waals surface area contributed by atoms with E-state index in [1.165, 1.54) is 36.0 Å². The van der Waals surface area contributed by atoms with Gasteiger partial charge in [-0.3, -0.25) is 4.90 Å². The molecule has 0 N–H and O–H groups in total. The summed E-state index contributed by atoms with van der Waals surface area (Å²) in [5.41, 5.74) is 3.54. The van der Waals surface area contributed by atoms with Crippen LogP contribution < -0.4 is 4.90 Å². The predicted molar refractivity (Wildman–Crippen MR) is 111 cm³/mol. The summed E-state index contributed by atoms with van der Waals surface area (Å²) in [6.45, 7) is 6.81. The summed E-state index contributed by atoms with van der Waals surface area (Å²) in [5, 5.41) is 2.54. The normalized spacial score (nSPS) is 16.0. The molecule has 1 saturated heterocycles. The smallest absolute Gasteiger partial charge is 0.0730 e. The van der Waals surface area contributed by atoms with Crippen molar-refractivity contribution in [1.29, 1.82) is 0 Å². The number of hydrogen-bond donors (Lipinski definition) is 0. The molecule has 0 saturated carbocycles. The Morgan fingerprint density at radius 3 is 2.00 bits per heavy atom. The zero-order valence-electron chi connectivity index (χ0n) is 15.9. The van der Waals surface area contributed by atoms with Gasteiger partial charge in [0.25, 0.3) is 0 Å². The summed E-state index contributed by atoms with van der Waals surface area (Å²) in [6.07, 6.45) is 1.24. The molecule has 1 aliphatic rings. The van der Waals surface area contributed by atoms with Gasteiger partial charge in [-0.05, 0) is 45.7 Å². The Bertz CT molecular complexity index is 828. The fourth-order valence-corrected chi connectivity index (χ4v) is 3.96. The summed E-state index contributed by atoms with van der Waals surface area (Å²) < 4.78 is 0. The molecule has 136 valence electrons. The molecule has 4 rings (SSSR count). The van der Waals surface area contributed by atoms with Crippen molar-refractivity contribution >= 4 is 27.5 Å². The van der Waals surface area contributed by atoms with Gasteiger partial charge in [0.05, 0.1) is 16.7 Å². The van der Waals surface area contributed by atoms with Gasteiger partial charge in [-0.25, -0.2) is 4.98 Å². The molecule has 0 amide bonds. The van der Waals surface area contributed by atoms with Gasteiger partial charge in [-0.15, -0.1) is 0 Å². The largest absolute Gasteiger partial charge is 0.368 e. The van der Waals surface area contributed by atoms with Gasteiger partial charge in [-0.2, -0.15) is 0 Å². The van der Waals surface area contributed by atoms with Crippen LogP contribution in [0.1, 0.15) is 6.42 Å². The van der Waals surface area contributed by atoms with Gasteiger partial charge in [-0.1, -0.05) is 36.4 Å². The van der Waals surface area contributed by atoms with Crippen LogP contribution >= 0.6 is 0 Å². The highest BCUT2D eigenvalue weighted by atomic mass is 15.3. The van der Waals surface area contributed by atoms with Crippen LogP contribution in [-0.4, -0.2) is 68.1 Å². The van der Waals surface area contributed by atoms with E-state index in [4.69, 9.17) is 4.98 Å². The Morgan fingerprint density at radius 2 is 1.42 bits per heavy atom. The van der Waals surface area contributed by atoms with Crippen LogP contribution in [0.5, 0.6) is 0 Å². The van der Waals surface area contributed by atoms with Gasteiger partial charge >= 0.3 is 0 Å². The number of piperazine rings is 1. The summed E-state index contributed by atoms with van der Waals surface area (Å²) in [5.74, 6) is 0. The summed E-state index contributed by atoms with van der Waals surface area (Å²) >= 11 is 0. The first-order chi connectivity index (χ1) is 12.7. The average Bonchev–Trinajstić information content (AvgIpc) is 2.66. The number of rotatable bonds is 5. The predicted octanol–water partition coefficient (Wildman–Crippen LogP) is 3.46. The van der Waals surface area contributed by atoms with E-state index >= 15 is 0 Å². The minimum absolute atomic E-state index is 1.08. The van der Waals surface area contributed by atoms with Crippen molar-refractivity contribution in [2.75, 3.05) is 58.3 Å². The second-order valence-electron chi connectivity index (χ2n) is 7.48. The van der Waals surface area contributed by atoms with Crippen LogP contribution in [0.4, 0.5) is 5.69 Å². The Hall–Kier alpha value is -2.17. The number of benzene rings is 2. The monoisotopic (exact) mass is 348 g/mol. The first-order valence-electron chi connectivity index (χ1n) is 9.62. The quantitative estimate of drug-likeness (QED) is 0.659. The van der Waals surface area contributed by atoms with E-state index in [1.54, 1.807) is 0 Å². The van der Waals surface area contributed by atoms with Gasteiger partial charge < -0.3 is 9.80 Å². The number of aromatic nitrogens is 1. The number of hydrogen-bond acceptors (Lipinski definition) is 4. The number of anilines is 1. The third kappa shape index (κ3) is 3.53. The lowest BCUT2D eigenvalue weighted by Gasteiger charge is -2.37. The second-order valence-corrected chi connectivity index (χ2v) is 7.48. The molecule has 4 heteroatoms. The van der Waals surface area contributed by atoms with E-state index in [2.05, 4.69) is 77.3 Å². The maximum absolute atomic E-state index is 4.86. The molecule has 0 radical (unpaired) electrons. The third-order valence-electron chi connectivity index (χ3n) is 5.33. The SMILES string of the molecule is CN(C)CCCN1CCN(c2c3ccccc3nc3ccccc23)CC1. The van der Waals surface area contributed by atoms with Crippen LogP contribution in [0, 0.1) is 0 Å². The minimum atomic E-state index is 1.08. The number of fused-ring (bicyclic) bond motifs is 2. The molecule has 1 aliphatic heterocycles. The molecular weight excluding hydrogens is 320 g/mol. The first-order valence-corrected chi connectivity index (χ1v) is 9.62. The van der Waals surface area contributed by atoms with Gasteiger partial charge in [0, 0.05) is 37.0 Å². The molecule has 3 aromatic rings. The molecule has 4 nitrogen and oxygen atoms in total. The highest BCUT2D eigenvalue weighted by molar-refractivity contribution is 6.07. The molecule has 2 aromatic carbocycles. The van der Waals surface area contributed by atoms with Crippen molar-refractivity contribution < 1.29 is 0 Å². The Morgan fingerprint density at radius 1 is 0.846 bits per heavy atom. The number of nitrogens with zero attached hydrogens (tertiary/aromatic N) is 4. The second kappa shape index (κ2) is 7.60. The molecule has 1 aromatic heterocycles. The molecule has 0 spiro atoms. The van der Waals surface area contributed by atoms with Crippen LogP contribution in [0.2, 0.25) is 0 Å². The first kappa shape index (κ1) is 17.3. The van der Waals surface area contributed by atoms with Crippen molar-refractivity contribution in [2.45, 2.75) is 6.42 Å². The third-order valence-corrected chi connectivity index (χ3v) is 5.33. The zero-order valence-corrected chi connectivity index (χ0v) is 15.9. The van der Waals surface area contributed by atoms with Crippen LogP contribution in [0.25, 0.3) is 21.8 Å². The Kier molecular flexibility index (Phi) is 5.05. The molecule has 1 fully saturated rings. The topological polar surface area (TPSA) is 22.6 Å². The lowest BCUT2D eigenvalue weighted by Crippen LogP contribution is -2.47. The van der Waals surface area contributed by atoms with E-state index in [0.717, 1.165) is 37.2 Å². The van der Waals surface area contributed by atoms with Gasteiger partial charge in [0.15, 0.2) is 0 Å². The van der Waals surface area contributed by atoms with E-state index < -0.39 is 0 Å². The Labute approximate surface area is 156 Å². The van der Waals surface area contributed by atoms with Crippen molar-refractivity contribution in [3.63, 3.8) is 0 Å². The molecule has 26 heavy (non-hydrogen) atoms. The van der Waals surface area contributed by atoms with E-state index in [-0.39, 0.29) is 0 Å². The maximum atomic E-state index is 4.86. The minimum Gasteiger partial charge on any atom is -0.368 e. The Balaban J connectivity index is 1.59. The van der Waals surface area contributed by atoms with Crippen molar-refractivity contribution in [3.8, 4) is 0 Å². The van der Waals surface area contributed by atoms with E-state index in [9.17, 15) is 0 Å². The number of pyridine rings is 1. The molecule has 0 atom stereocenters. The summed E-state index contributed by atoms with van der Waals surface area (Å²) in [4.78, 5) is 12.3. The van der Waals surface area contributed by atoms with E-state index in [1.807, 2.05) is 0 Å². The standard InChI is InChI=1S/C22H28N4/c1-24(2)12-7-13-25-14-16-26(17-15-25)22-18-8-3-5-10-20(18)23-21-11-6-4-9-19(21)22/h3-6,8-11H,7,12-17H2,1-2H3. The van der Waals surface area contributed by atoms with Crippen LogP contribution in [-0.2, 0) is 0 Å². The number of para-hydroxylation sites is 2. The molecule has 2 heterocycles. The average molecular weight is 348 g/mol. The molecule has 0 bridgehead atoms. The highest BCUT2D eigenvalue weighted by Gasteiger charge is 2.20. The fraction of sp³-hybridized carbons (Fsp3) is 0.409. The zero-order chi connectivity index (χ0) is 17.9. The van der Waals surface area contributed by atoms with Gasteiger partial charge in [0.1, 0.15) is 0 Å².